The Hall–Kier alpha value is -1.71. The van der Waals surface area contributed by atoms with E-state index in [2.05, 4.69) is 5.32 Å². The minimum Gasteiger partial charge on any atom is -0.497 e. The van der Waals surface area contributed by atoms with Gasteiger partial charge in [0, 0.05) is 0 Å². The molecule has 0 heterocycles. The largest absolute Gasteiger partial charge is 0.497 e. The zero-order valence-electron chi connectivity index (χ0n) is 12.6. The molecule has 1 amide bonds. The monoisotopic (exact) mass is 337 g/mol. The van der Waals surface area contributed by atoms with E-state index >= 15 is 0 Å². The number of benzene rings is 2. The Bertz CT molecular complexity index is 661. The first kappa shape index (κ1) is 16.7. The Morgan fingerprint density at radius 2 is 1.59 bits per heavy atom. The third kappa shape index (κ3) is 3.37. The molecule has 0 aliphatic rings. The number of rotatable bonds is 4. The van der Waals surface area contributed by atoms with Gasteiger partial charge in [0.25, 0.3) is 0 Å². The molecule has 2 aromatic carbocycles. The standard InChI is InChI=1S/C17H17Cl2NO2/c1-17(2,11-7-9-12(22-3)10-8-11)16(21)20-15-13(18)5-4-6-14(15)19/h4-10H,1-3H3,(H,20,21). The van der Waals surface area contributed by atoms with Crippen molar-refractivity contribution in [2.24, 2.45) is 0 Å². The van der Waals surface area contributed by atoms with Crippen LogP contribution in [0.5, 0.6) is 5.75 Å². The number of carbonyl (C=O) groups is 1. The van der Waals surface area contributed by atoms with Crippen LogP contribution in [-0.4, -0.2) is 13.0 Å². The summed E-state index contributed by atoms with van der Waals surface area (Å²) < 4.78 is 5.13. The summed E-state index contributed by atoms with van der Waals surface area (Å²) in [5, 5.41) is 3.63. The molecule has 22 heavy (non-hydrogen) atoms. The highest BCUT2D eigenvalue weighted by Gasteiger charge is 2.30. The van der Waals surface area contributed by atoms with Gasteiger partial charge in [-0.25, -0.2) is 0 Å². The van der Waals surface area contributed by atoms with E-state index in [9.17, 15) is 4.79 Å². The van der Waals surface area contributed by atoms with Gasteiger partial charge in [-0.3, -0.25) is 4.79 Å². The molecule has 1 N–H and O–H groups in total. The molecule has 0 saturated carbocycles. The maximum Gasteiger partial charge on any atom is 0.234 e. The number of carbonyl (C=O) groups excluding carboxylic acids is 1. The normalized spacial score (nSPS) is 11.1. The number of para-hydroxylation sites is 1. The Balaban J connectivity index is 2.26. The lowest BCUT2D eigenvalue weighted by atomic mass is 9.83. The number of halogens is 2. The van der Waals surface area contributed by atoms with Crippen LogP contribution in [0.4, 0.5) is 5.69 Å². The van der Waals surface area contributed by atoms with E-state index < -0.39 is 5.41 Å². The number of hydrogen-bond acceptors (Lipinski definition) is 2. The second kappa shape index (κ2) is 6.59. The second-order valence-corrected chi connectivity index (χ2v) is 6.22. The Morgan fingerprint density at radius 3 is 2.09 bits per heavy atom. The summed E-state index contributed by atoms with van der Waals surface area (Å²) in [6.07, 6.45) is 0. The van der Waals surface area contributed by atoms with Crippen molar-refractivity contribution in [1.82, 2.24) is 0 Å². The van der Waals surface area contributed by atoms with Crippen molar-refractivity contribution in [2.45, 2.75) is 19.3 Å². The minimum atomic E-state index is -0.741. The van der Waals surface area contributed by atoms with E-state index in [0.717, 1.165) is 11.3 Å². The van der Waals surface area contributed by atoms with Crippen molar-refractivity contribution in [1.29, 1.82) is 0 Å². The summed E-state index contributed by atoms with van der Waals surface area (Å²) in [4.78, 5) is 12.6. The summed E-state index contributed by atoms with van der Waals surface area (Å²) in [6, 6.07) is 12.5. The third-order valence-electron chi connectivity index (χ3n) is 3.58. The van der Waals surface area contributed by atoms with Crippen LogP contribution in [-0.2, 0) is 10.2 Å². The Labute approximate surface area is 140 Å². The molecule has 0 aliphatic carbocycles. The van der Waals surface area contributed by atoms with Crippen LogP contribution in [0.25, 0.3) is 0 Å². The lowest BCUT2D eigenvalue weighted by molar-refractivity contribution is -0.120. The molecule has 2 aromatic rings. The van der Waals surface area contributed by atoms with Gasteiger partial charge < -0.3 is 10.1 Å². The smallest absolute Gasteiger partial charge is 0.234 e. The van der Waals surface area contributed by atoms with Crippen LogP contribution in [0.3, 0.4) is 0 Å². The zero-order valence-corrected chi connectivity index (χ0v) is 14.1. The van der Waals surface area contributed by atoms with E-state index in [1.807, 2.05) is 38.1 Å². The van der Waals surface area contributed by atoms with Crippen molar-refractivity contribution in [3.05, 3.63) is 58.1 Å². The average molecular weight is 338 g/mol. The Kier molecular flexibility index (Phi) is 4.99. The van der Waals surface area contributed by atoms with E-state index in [0.29, 0.717) is 15.7 Å². The van der Waals surface area contributed by atoms with Crippen LogP contribution >= 0.6 is 23.2 Å². The molecule has 0 radical (unpaired) electrons. The summed E-state index contributed by atoms with van der Waals surface area (Å²) in [5.41, 5.74) is 0.556. The summed E-state index contributed by atoms with van der Waals surface area (Å²) in [6.45, 7) is 3.68. The van der Waals surface area contributed by atoms with Crippen molar-refractivity contribution >= 4 is 34.8 Å². The fourth-order valence-electron chi connectivity index (χ4n) is 2.03. The number of ether oxygens (including phenoxy) is 1. The molecule has 0 fully saturated rings. The fourth-order valence-corrected chi connectivity index (χ4v) is 2.52. The molecule has 116 valence electrons. The number of nitrogens with one attached hydrogen (secondary N) is 1. The highest BCUT2D eigenvalue weighted by atomic mass is 35.5. The minimum absolute atomic E-state index is 0.187. The van der Waals surface area contributed by atoms with Crippen LogP contribution in [0.1, 0.15) is 19.4 Å². The number of anilines is 1. The van der Waals surface area contributed by atoms with Crippen LogP contribution in [0, 0.1) is 0 Å². The van der Waals surface area contributed by atoms with Gasteiger partial charge in [0.15, 0.2) is 0 Å². The van der Waals surface area contributed by atoms with E-state index in [1.165, 1.54) is 0 Å². The highest BCUT2D eigenvalue weighted by molar-refractivity contribution is 6.39. The first-order valence-electron chi connectivity index (χ1n) is 6.76. The summed E-state index contributed by atoms with van der Waals surface area (Å²) in [7, 11) is 1.60. The predicted molar refractivity (Wildman–Crippen MR) is 91.1 cm³/mol. The maximum atomic E-state index is 12.6. The molecule has 0 spiro atoms. The SMILES string of the molecule is COc1ccc(C(C)(C)C(=O)Nc2c(Cl)cccc2Cl)cc1. The van der Waals surface area contributed by atoms with Crippen molar-refractivity contribution < 1.29 is 9.53 Å². The molecule has 0 aliphatic heterocycles. The lowest BCUT2D eigenvalue weighted by Crippen LogP contribution is -2.34. The molecule has 0 saturated heterocycles. The quantitative estimate of drug-likeness (QED) is 0.859. The van der Waals surface area contributed by atoms with Crippen molar-refractivity contribution in [3.8, 4) is 5.75 Å². The van der Waals surface area contributed by atoms with Gasteiger partial charge in [-0.15, -0.1) is 0 Å². The van der Waals surface area contributed by atoms with Gasteiger partial charge in [0.05, 0.1) is 28.3 Å². The number of amides is 1. The van der Waals surface area contributed by atoms with Crippen molar-refractivity contribution in [3.63, 3.8) is 0 Å². The summed E-state index contributed by atoms with van der Waals surface area (Å²) >= 11 is 12.2. The van der Waals surface area contributed by atoms with Crippen LogP contribution in [0.2, 0.25) is 10.0 Å². The fraction of sp³-hybridized carbons (Fsp3) is 0.235. The van der Waals surface area contributed by atoms with Crippen LogP contribution in [0.15, 0.2) is 42.5 Å². The zero-order chi connectivity index (χ0) is 16.3. The molecule has 2 rings (SSSR count). The topological polar surface area (TPSA) is 38.3 Å². The molecule has 0 bridgehead atoms. The predicted octanol–water partition coefficient (Wildman–Crippen LogP) is 4.92. The summed E-state index contributed by atoms with van der Waals surface area (Å²) in [5.74, 6) is 0.557. The van der Waals surface area contributed by atoms with Crippen molar-refractivity contribution in [2.75, 3.05) is 12.4 Å². The first-order valence-corrected chi connectivity index (χ1v) is 7.52. The lowest BCUT2D eigenvalue weighted by Gasteiger charge is -2.25. The maximum absolute atomic E-state index is 12.6. The van der Waals surface area contributed by atoms with Gasteiger partial charge in [0.2, 0.25) is 5.91 Å². The van der Waals surface area contributed by atoms with Crippen LogP contribution < -0.4 is 10.1 Å². The van der Waals surface area contributed by atoms with Gasteiger partial charge in [-0.2, -0.15) is 0 Å². The number of methoxy groups -OCH3 is 1. The van der Waals surface area contributed by atoms with Gasteiger partial charge >= 0.3 is 0 Å². The van der Waals surface area contributed by atoms with E-state index in [-0.39, 0.29) is 5.91 Å². The highest BCUT2D eigenvalue weighted by Crippen LogP contribution is 2.33. The molecular weight excluding hydrogens is 321 g/mol. The van der Waals surface area contributed by atoms with E-state index in [4.69, 9.17) is 27.9 Å². The molecule has 5 heteroatoms. The van der Waals surface area contributed by atoms with Gasteiger partial charge in [0.1, 0.15) is 5.75 Å². The first-order chi connectivity index (χ1) is 10.4. The third-order valence-corrected chi connectivity index (χ3v) is 4.21. The second-order valence-electron chi connectivity index (χ2n) is 5.40. The molecule has 3 nitrogen and oxygen atoms in total. The molecule has 0 aromatic heterocycles. The average Bonchev–Trinajstić information content (AvgIpc) is 2.51. The number of hydrogen-bond donors (Lipinski definition) is 1. The van der Waals surface area contributed by atoms with Gasteiger partial charge in [-0.1, -0.05) is 41.4 Å². The molecule has 0 atom stereocenters. The molecular formula is C17H17Cl2NO2. The van der Waals surface area contributed by atoms with E-state index in [1.54, 1.807) is 25.3 Å². The van der Waals surface area contributed by atoms with Gasteiger partial charge in [-0.05, 0) is 43.7 Å². The Morgan fingerprint density at radius 1 is 1.05 bits per heavy atom. The molecule has 0 unspecified atom stereocenters.